The SMILES string of the molecule is Oc1ccc([C@@H](O)c2ccccc2)cc1. The molecule has 15 heavy (non-hydrogen) atoms. The average molecular weight is 200 g/mol. The van der Waals surface area contributed by atoms with Crippen LogP contribution in [0.15, 0.2) is 54.6 Å². The highest BCUT2D eigenvalue weighted by Gasteiger charge is 2.08. The second kappa shape index (κ2) is 4.15. The van der Waals surface area contributed by atoms with Crippen molar-refractivity contribution in [3.8, 4) is 5.75 Å². The molecule has 0 aliphatic heterocycles. The summed E-state index contributed by atoms with van der Waals surface area (Å²) in [6.45, 7) is 0. The van der Waals surface area contributed by atoms with E-state index >= 15 is 0 Å². The predicted octanol–water partition coefficient (Wildman–Crippen LogP) is 2.47. The van der Waals surface area contributed by atoms with Crippen LogP contribution in [-0.2, 0) is 0 Å². The summed E-state index contributed by atoms with van der Waals surface area (Å²) < 4.78 is 0. The third-order valence-electron chi connectivity index (χ3n) is 2.32. The van der Waals surface area contributed by atoms with Gasteiger partial charge in [0.05, 0.1) is 0 Å². The second-order valence-corrected chi connectivity index (χ2v) is 3.40. The molecular weight excluding hydrogens is 188 g/mol. The maximum absolute atomic E-state index is 10.0. The molecule has 2 aromatic carbocycles. The number of hydrogen-bond donors (Lipinski definition) is 2. The second-order valence-electron chi connectivity index (χ2n) is 3.40. The summed E-state index contributed by atoms with van der Waals surface area (Å²) >= 11 is 0. The predicted molar refractivity (Wildman–Crippen MR) is 58.6 cm³/mol. The standard InChI is InChI=1S/C13H12O2/c14-12-8-6-11(7-9-12)13(15)10-4-2-1-3-5-10/h1-9,13-15H/t13-/m0/s1. The molecule has 2 heteroatoms. The molecule has 0 spiro atoms. The van der Waals surface area contributed by atoms with E-state index in [-0.39, 0.29) is 5.75 Å². The lowest BCUT2D eigenvalue weighted by Gasteiger charge is -2.10. The molecule has 2 rings (SSSR count). The summed E-state index contributed by atoms with van der Waals surface area (Å²) in [6, 6.07) is 16.0. The van der Waals surface area contributed by atoms with Crippen molar-refractivity contribution < 1.29 is 10.2 Å². The lowest BCUT2D eigenvalue weighted by atomic mass is 10.0. The van der Waals surface area contributed by atoms with Crippen molar-refractivity contribution in [3.63, 3.8) is 0 Å². The zero-order valence-corrected chi connectivity index (χ0v) is 8.17. The third kappa shape index (κ3) is 2.17. The third-order valence-corrected chi connectivity index (χ3v) is 2.32. The van der Waals surface area contributed by atoms with Crippen molar-refractivity contribution in [1.82, 2.24) is 0 Å². The van der Waals surface area contributed by atoms with Gasteiger partial charge in [0.2, 0.25) is 0 Å². The fourth-order valence-corrected chi connectivity index (χ4v) is 1.48. The number of aromatic hydroxyl groups is 1. The summed E-state index contributed by atoms with van der Waals surface area (Å²) in [5.41, 5.74) is 1.63. The number of hydrogen-bond acceptors (Lipinski definition) is 2. The Hall–Kier alpha value is -1.80. The molecule has 0 amide bonds. The van der Waals surface area contributed by atoms with Crippen LogP contribution in [0.4, 0.5) is 0 Å². The van der Waals surface area contributed by atoms with Gasteiger partial charge in [0, 0.05) is 0 Å². The van der Waals surface area contributed by atoms with Crippen molar-refractivity contribution in [1.29, 1.82) is 0 Å². The number of rotatable bonds is 2. The summed E-state index contributed by atoms with van der Waals surface area (Å²) in [7, 11) is 0. The average Bonchev–Trinajstić information content (AvgIpc) is 2.30. The number of phenolic OH excluding ortho intramolecular Hbond substituents is 1. The van der Waals surface area contributed by atoms with Gasteiger partial charge in [-0.2, -0.15) is 0 Å². The minimum Gasteiger partial charge on any atom is -0.508 e. The van der Waals surface area contributed by atoms with E-state index in [2.05, 4.69) is 0 Å². The minimum absolute atomic E-state index is 0.207. The zero-order chi connectivity index (χ0) is 10.7. The van der Waals surface area contributed by atoms with Crippen LogP contribution in [0.3, 0.4) is 0 Å². The molecule has 0 saturated heterocycles. The van der Waals surface area contributed by atoms with Gasteiger partial charge in [0.25, 0.3) is 0 Å². The van der Waals surface area contributed by atoms with E-state index in [4.69, 9.17) is 5.11 Å². The molecule has 0 aliphatic carbocycles. The molecule has 0 aliphatic rings. The van der Waals surface area contributed by atoms with Gasteiger partial charge in [-0.05, 0) is 23.3 Å². The lowest BCUT2D eigenvalue weighted by molar-refractivity contribution is 0.220. The topological polar surface area (TPSA) is 40.5 Å². The van der Waals surface area contributed by atoms with Gasteiger partial charge >= 0.3 is 0 Å². The largest absolute Gasteiger partial charge is 0.508 e. The first kappa shape index (κ1) is 9.74. The normalized spacial score (nSPS) is 12.3. The zero-order valence-electron chi connectivity index (χ0n) is 8.17. The molecule has 0 unspecified atom stereocenters. The maximum Gasteiger partial charge on any atom is 0.115 e. The van der Waals surface area contributed by atoms with Crippen LogP contribution in [0.25, 0.3) is 0 Å². The summed E-state index contributed by atoms with van der Waals surface area (Å²) in [6.07, 6.45) is -0.633. The Morgan fingerprint density at radius 2 is 1.27 bits per heavy atom. The molecule has 0 heterocycles. The number of phenols is 1. The summed E-state index contributed by atoms with van der Waals surface area (Å²) in [5, 5.41) is 19.1. The Balaban J connectivity index is 2.29. The van der Waals surface area contributed by atoms with Crippen molar-refractivity contribution in [2.45, 2.75) is 6.10 Å². The molecule has 2 aromatic rings. The van der Waals surface area contributed by atoms with E-state index in [1.807, 2.05) is 30.3 Å². The first-order valence-electron chi connectivity index (χ1n) is 4.79. The van der Waals surface area contributed by atoms with Crippen molar-refractivity contribution in [2.75, 3.05) is 0 Å². The van der Waals surface area contributed by atoms with Crippen LogP contribution in [0, 0.1) is 0 Å². The van der Waals surface area contributed by atoms with E-state index in [0.717, 1.165) is 11.1 Å². The molecular formula is C13H12O2. The highest BCUT2D eigenvalue weighted by atomic mass is 16.3. The molecule has 0 radical (unpaired) electrons. The molecule has 0 fully saturated rings. The quantitative estimate of drug-likeness (QED) is 0.781. The van der Waals surface area contributed by atoms with E-state index in [1.165, 1.54) is 0 Å². The lowest BCUT2D eigenvalue weighted by Crippen LogP contribution is -1.98. The Morgan fingerprint density at radius 1 is 0.733 bits per heavy atom. The molecule has 1 atom stereocenters. The van der Waals surface area contributed by atoms with Crippen molar-refractivity contribution in [3.05, 3.63) is 65.7 Å². The van der Waals surface area contributed by atoms with Gasteiger partial charge in [0.15, 0.2) is 0 Å². The summed E-state index contributed by atoms with van der Waals surface area (Å²) in [4.78, 5) is 0. The number of aliphatic hydroxyl groups excluding tert-OH is 1. The van der Waals surface area contributed by atoms with Crippen LogP contribution < -0.4 is 0 Å². The number of benzene rings is 2. The van der Waals surface area contributed by atoms with Crippen molar-refractivity contribution in [2.24, 2.45) is 0 Å². The van der Waals surface area contributed by atoms with Crippen LogP contribution >= 0.6 is 0 Å². The molecule has 0 saturated carbocycles. The first-order valence-corrected chi connectivity index (χ1v) is 4.79. The van der Waals surface area contributed by atoms with E-state index < -0.39 is 6.10 Å². The van der Waals surface area contributed by atoms with Crippen LogP contribution in [0.1, 0.15) is 17.2 Å². The Morgan fingerprint density at radius 3 is 1.87 bits per heavy atom. The maximum atomic E-state index is 10.0. The van der Waals surface area contributed by atoms with E-state index in [0.29, 0.717) is 0 Å². The molecule has 76 valence electrons. The van der Waals surface area contributed by atoms with Crippen LogP contribution in [0.5, 0.6) is 5.75 Å². The fourth-order valence-electron chi connectivity index (χ4n) is 1.48. The minimum atomic E-state index is -0.633. The number of aliphatic hydroxyl groups is 1. The highest BCUT2D eigenvalue weighted by Crippen LogP contribution is 2.22. The van der Waals surface area contributed by atoms with Gasteiger partial charge in [0.1, 0.15) is 11.9 Å². The summed E-state index contributed by atoms with van der Waals surface area (Å²) in [5.74, 6) is 0.207. The van der Waals surface area contributed by atoms with E-state index in [9.17, 15) is 5.11 Å². The van der Waals surface area contributed by atoms with Crippen LogP contribution in [0.2, 0.25) is 0 Å². The van der Waals surface area contributed by atoms with Crippen LogP contribution in [-0.4, -0.2) is 10.2 Å². The van der Waals surface area contributed by atoms with Gasteiger partial charge in [-0.3, -0.25) is 0 Å². The molecule has 2 N–H and O–H groups in total. The molecule has 0 aromatic heterocycles. The Bertz CT molecular complexity index is 420. The fraction of sp³-hybridized carbons (Fsp3) is 0.0769. The van der Waals surface area contributed by atoms with Gasteiger partial charge in [-0.25, -0.2) is 0 Å². The van der Waals surface area contributed by atoms with Gasteiger partial charge < -0.3 is 10.2 Å². The Labute approximate surface area is 88.4 Å². The Kier molecular flexibility index (Phi) is 2.70. The monoisotopic (exact) mass is 200 g/mol. The van der Waals surface area contributed by atoms with Crippen molar-refractivity contribution >= 4 is 0 Å². The van der Waals surface area contributed by atoms with Gasteiger partial charge in [-0.1, -0.05) is 42.5 Å². The first-order chi connectivity index (χ1) is 7.27. The van der Waals surface area contributed by atoms with E-state index in [1.54, 1.807) is 24.3 Å². The smallest absolute Gasteiger partial charge is 0.115 e. The molecule has 0 bridgehead atoms. The molecule has 2 nitrogen and oxygen atoms in total. The van der Waals surface area contributed by atoms with Gasteiger partial charge in [-0.15, -0.1) is 0 Å². The highest BCUT2D eigenvalue weighted by molar-refractivity contribution is 5.33.